The molecule has 0 radical (unpaired) electrons. The predicted molar refractivity (Wildman–Crippen MR) is 42.3 cm³/mol. The molecule has 0 fully saturated rings. The van der Waals surface area contributed by atoms with Crippen LogP contribution in [-0.2, 0) is 0 Å². The summed E-state index contributed by atoms with van der Waals surface area (Å²) >= 11 is 3.72. The molecule has 1 atom stereocenters. The van der Waals surface area contributed by atoms with Crippen molar-refractivity contribution in [3.63, 3.8) is 0 Å². The average molecular weight is 149 g/mol. The van der Waals surface area contributed by atoms with E-state index in [0.29, 0.717) is 0 Å². The van der Waals surface area contributed by atoms with E-state index in [1.807, 2.05) is 0 Å². The summed E-state index contributed by atoms with van der Waals surface area (Å²) < 4.78 is 2.47. The fraction of sp³-hybridized carbons (Fsp3) is 1.00. The lowest BCUT2D eigenvalue weighted by molar-refractivity contribution is 0.154. The van der Waals surface area contributed by atoms with Gasteiger partial charge in [-0.3, -0.25) is 0 Å². The lowest BCUT2D eigenvalue weighted by atomic mass is 10.2. The third-order valence-corrected chi connectivity index (χ3v) is 1.53. The van der Waals surface area contributed by atoms with E-state index in [0.717, 1.165) is 12.8 Å². The number of aliphatic hydroxyl groups excluding tert-OH is 1. The molecule has 0 spiro atoms. The van der Waals surface area contributed by atoms with E-state index in [2.05, 4.69) is 24.5 Å². The second-order valence-electron chi connectivity index (χ2n) is 2.14. The molecule has 0 aromatic heterocycles. The SMILES string of the molecule is CCCCCC(O)NS. The first kappa shape index (κ1) is 9.27. The standard InChI is InChI=1S/C6H15NOS/c1-2-3-4-5-6(8)7-9/h6-9H,2-5H2,1H3. The van der Waals surface area contributed by atoms with Gasteiger partial charge in [-0.15, -0.1) is 0 Å². The average Bonchev–Trinajstić information content (AvgIpc) is 1.89. The Labute approximate surface area is 62.2 Å². The van der Waals surface area contributed by atoms with Crippen molar-refractivity contribution in [3.05, 3.63) is 0 Å². The molecule has 0 aromatic carbocycles. The Bertz CT molecular complexity index is 61.0. The Hall–Kier alpha value is 0.270. The van der Waals surface area contributed by atoms with Crippen molar-refractivity contribution in [1.82, 2.24) is 4.72 Å². The van der Waals surface area contributed by atoms with E-state index in [-0.39, 0.29) is 0 Å². The van der Waals surface area contributed by atoms with Crippen molar-refractivity contribution in [3.8, 4) is 0 Å². The maximum atomic E-state index is 8.90. The molecule has 0 aliphatic heterocycles. The Morgan fingerprint density at radius 1 is 1.56 bits per heavy atom. The van der Waals surface area contributed by atoms with Crippen LogP contribution in [0.5, 0.6) is 0 Å². The van der Waals surface area contributed by atoms with Crippen molar-refractivity contribution in [1.29, 1.82) is 0 Å². The van der Waals surface area contributed by atoms with Gasteiger partial charge in [0.15, 0.2) is 0 Å². The van der Waals surface area contributed by atoms with E-state index >= 15 is 0 Å². The number of rotatable bonds is 5. The van der Waals surface area contributed by atoms with Gasteiger partial charge >= 0.3 is 0 Å². The summed E-state index contributed by atoms with van der Waals surface area (Å²) in [6.07, 6.45) is 3.83. The number of nitrogens with one attached hydrogen (secondary N) is 1. The highest BCUT2D eigenvalue weighted by Gasteiger charge is 1.97. The van der Waals surface area contributed by atoms with E-state index in [4.69, 9.17) is 5.11 Å². The molecule has 0 aliphatic rings. The third-order valence-electron chi connectivity index (χ3n) is 1.23. The van der Waals surface area contributed by atoms with Crippen molar-refractivity contribution in [2.45, 2.75) is 38.8 Å². The first-order valence-electron chi connectivity index (χ1n) is 3.39. The lowest BCUT2D eigenvalue weighted by Crippen LogP contribution is -2.19. The van der Waals surface area contributed by atoms with Crippen LogP contribution in [0.3, 0.4) is 0 Å². The van der Waals surface area contributed by atoms with Crippen molar-refractivity contribution in [2.75, 3.05) is 0 Å². The molecule has 3 heteroatoms. The molecule has 9 heavy (non-hydrogen) atoms. The molecule has 56 valence electrons. The fourth-order valence-corrected chi connectivity index (χ4v) is 0.781. The van der Waals surface area contributed by atoms with Crippen molar-refractivity contribution in [2.24, 2.45) is 0 Å². The Balaban J connectivity index is 2.88. The molecular formula is C6H15NOS. The molecule has 0 amide bonds. The van der Waals surface area contributed by atoms with Gasteiger partial charge in [0.2, 0.25) is 0 Å². The molecule has 0 rings (SSSR count). The van der Waals surface area contributed by atoms with Crippen molar-refractivity contribution >= 4 is 12.8 Å². The van der Waals surface area contributed by atoms with Gasteiger partial charge in [0.05, 0.1) is 0 Å². The molecule has 1 unspecified atom stereocenters. The monoisotopic (exact) mass is 149 g/mol. The Morgan fingerprint density at radius 3 is 2.67 bits per heavy atom. The smallest absolute Gasteiger partial charge is 0.113 e. The molecule has 0 aromatic rings. The van der Waals surface area contributed by atoms with Gasteiger partial charge in [0, 0.05) is 0 Å². The number of hydrogen-bond acceptors (Lipinski definition) is 3. The highest BCUT2D eigenvalue weighted by atomic mass is 32.1. The van der Waals surface area contributed by atoms with Crippen LogP contribution in [0, 0.1) is 0 Å². The summed E-state index contributed by atoms with van der Waals surface area (Å²) in [7, 11) is 0. The van der Waals surface area contributed by atoms with E-state index in [9.17, 15) is 0 Å². The quantitative estimate of drug-likeness (QED) is 0.313. The highest BCUT2D eigenvalue weighted by Crippen LogP contribution is 2.00. The maximum Gasteiger partial charge on any atom is 0.113 e. The molecule has 0 saturated heterocycles. The lowest BCUT2D eigenvalue weighted by Gasteiger charge is -2.05. The van der Waals surface area contributed by atoms with Crippen LogP contribution in [0.2, 0.25) is 0 Å². The number of unbranched alkanes of at least 4 members (excludes halogenated alkanes) is 2. The summed E-state index contributed by atoms with van der Waals surface area (Å²) in [6.45, 7) is 2.14. The van der Waals surface area contributed by atoms with Crippen LogP contribution in [-0.4, -0.2) is 11.3 Å². The van der Waals surface area contributed by atoms with Crippen LogP contribution >= 0.6 is 12.8 Å². The minimum Gasteiger partial charge on any atom is -0.378 e. The zero-order chi connectivity index (χ0) is 7.11. The van der Waals surface area contributed by atoms with Gasteiger partial charge in [-0.25, -0.2) is 4.72 Å². The van der Waals surface area contributed by atoms with E-state index in [1.54, 1.807) is 0 Å². The normalized spacial score (nSPS) is 13.7. The zero-order valence-corrected chi connectivity index (χ0v) is 6.69. The zero-order valence-electron chi connectivity index (χ0n) is 5.80. The Morgan fingerprint density at radius 2 is 2.22 bits per heavy atom. The molecule has 2 N–H and O–H groups in total. The number of thiol groups is 1. The number of aliphatic hydroxyl groups is 1. The van der Waals surface area contributed by atoms with Crippen LogP contribution in [0.25, 0.3) is 0 Å². The topological polar surface area (TPSA) is 32.3 Å². The molecular weight excluding hydrogens is 134 g/mol. The predicted octanol–water partition coefficient (Wildman–Crippen LogP) is 1.32. The van der Waals surface area contributed by atoms with Gasteiger partial charge in [-0.1, -0.05) is 32.6 Å². The van der Waals surface area contributed by atoms with Gasteiger partial charge < -0.3 is 5.11 Å². The second-order valence-corrected chi connectivity index (χ2v) is 2.40. The summed E-state index contributed by atoms with van der Waals surface area (Å²) in [4.78, 5) is 0. The summed E-state index contributed by atoms with van der Waals surface area (Å²) in [6, 6.07) is 0. The first-order chi connectivity index (χ1) is 4.31. The van der Waals surface area contributed by atoms with Crippen LogP contribution in [0.15, 0.2) is 0 Å². The van der Waals surface area contributed by atoms with Gasteiger partial charge in [0.25, 0.3) is 0 Å². The second kappa shape index (κ2) is 6.39. The van der Waals surface area contributed by atoms with Crippen LogP contribution in [0.4, 0.5) is 0 Å². The fourth-order valence-electron chi connectivity index (χ4n) is 0.652. The van der Waals surface area contributed by atoms with E-state index in [1.165, 1.54) is 12.8 Å². The molecule has 0 heterocycles. The molecule has 0 bridgehead atoms. The van der Waals surface area contributed by atoms with Crippen LogP contribution < -0.4 is 4.72 Å². The molecule has 2 nitrogen and oxygen atoms in total. The van der Waals surface area contributed by atoms with E-state index < -0.39 is 6.23 Å². The summed E-state index contributed by atoms with van der Waals surface area (Å²) in [5.74, 6) is 0. The Kier molecular flexibility index (Phi) is 6.58. The van der Waals surface area contributed by atoms with Gasteiger partial charge in [-0.2, -0.15) is 0 Å². The molecule has 0 aliphatic carbocycles. The highest BCUT2D eigenvalue weighted by molar-refractivity contribution is 7.78. The summed E-state index contributed by atoms with van der Waals surface area (Å²) in [5, 5.41) is 8.90. The minimum absolute atomic E-state index is 0.431. The van der Waals surface area contributed by atoms with Crippen molar-refractivity contribution < 1.29 is 5.11 Å². The van der Waals surface area contributed by atoms with Gasteiger partial charge in [-0.05, 0) is 12.8 Å². The number of hydrogen-bond donors (Lipinski definition) is 3. The van der Waals surface area contributed by atoms with Gasteiger partial charge in [0.1, 0.15) is 6.23 Å². The minimum atomic E-state index is -0.431. The summed E-state index contributed by atoms with van der Waals surface area (Å²) in [5.41, 5.74) is 0. The molecule has 0 saturated carbocycles. The first-order valence-corrected chi connectivity index (χ1v) is 3.83. The third kappa shape index (κ3) is 6.15. The maximum absolute atomic E-state index is 8.90. The largest absolute Gasteiger partial charge is 0.378 e. The van der Waals surface area contributed by atoms with Crippen LogP contribution in [0.1, 0.15) is 32.6 Å².